The van der Waals surface area contributed by atoms with Gasteiger partial charge in [0.2, 0.25) is 5.78 Å². The fourth-order valence-electron chi connectivity index (χ4n) is 7.41. The van der Waals surface area contributed by atoms with E-state index in [1.165, 1.54) is 6.42 Å². The average Bonchev–Trinajstić information content (AvgIpc) is 3.29. The van der Waals surface area contributed by atoms with Crippen molar-refractivity contribution in [3.05, 3.63) is 152 Å². The number of carbonyl (C=O) groups is 2. The van der Waals surface area contributed by atoms with Gasteiger partial charge in [0.15, 0.2) is 75.6 Å². The van der Waals surface area contributed by atoms with Gasteiger partial charge in [-0.2, -0.15) is 0 Å². The summed E-state index contributed by atoms with van der Waals surface area (Å²) in [6.07, 6.45) is 2.40. The van der Waals surface area contributed by atoms with E-state index in [1.807, 2.05) is 12.5 Å². The lowest BCUT2D eigenvalue weighted by Crippen LogP contribution is -2.81. The van der Waals surface area contributed by atoms with Crippen LogP contribution in [0.25, 0.3) is 0 Å². The molecular formula is C41H23BF20O3S. The first-order valence-electron chi connectivity index (χ1n) is 18.4. The number of hydrogen-bond acceptors (Lipinski definition) is 3. The summed E-state index contributed by atoms with van der Waals surface area (Å²) in [6.45, 7) is 0. The van der Waals surface area contributed by atoms with Gasteiger partial charge in [0.1, 0.15) is 58.8 Å². The van der Waals surface area contributed by atoms with Crippen LogP contribution in [0.2, 0.25) is 0 Å². The molecule has 0 spiro atoms. The van der Waals surface area contributed by atoms with Crippen molar-refractivity contribution in [2.24, 2.45) is 0 Å². The number of ketones is 1. The highest BCUT2D eigenvalue weighted by Gasteiger charge is 2.52. The molecular weight excluding hydrogens is 963 g/mol. The molecule has 3 nitrogen and oxygen atoms in total. The molecule has 0 heterocycles. The molecule has 0 aliphatic heterocycles. The highest BCUT2D eigenvalue weighted by molar-refractivity contribution is 7.96. The van der Waals surface area contributed by atoms with Gasteiger partial charge >= 0.3 is 5.97 Å². The molecule has 5 aromatic rings. The van der Waals surface area contributed by atoms with Crippen molar-refractivity contribution in [3.8, 4) is 0 Å². The van der Waals surface area contributed by atoms with Crippen LogP contribution in [-0.2, 0) is 15.6 Å². The van der Waals surface area contributed by atoms with Crippen molar-refractivity contribution in [1.82, 2.24) is 0 Å². The Hall–Kier alpha value is -5.75. The van der Waals surface area contributed by atoms with Gasteiger partial charge in [-0.1, -0.05) is 18.6 Å². The van der Waals surface area contributed by atoms with E-state index in [0.29, 0.717) is 16.9 Å². The largest absolute Gasteiger partial charge is 0.459 e. The number of benzene rings is 5. The standard InChI is InChI=1S/C24BF20.C17H23O3S/c26-5-1(6(27)14(35)21(42)13(5)34)25(2-7(28)15(36)22(43)16(37)8(2)29,3-9(30)17(38)23(44)18(39)10(3)31)4-11(32)19(40)24(45)20(41)12(4)33;1-21(2)12-16(18)13-8-10-14(11-9-13)17(19)20-15-6-4-3-5-7-15/h;8-11,15H,3-7,12H2,1-2H3/q-1;+1. The van der Waals surface area contributed by atoms with Gasteiger partial charge < -0.3 is 4.74 Å². The molecule has 0 saturated heterocycles. The summed E-state index contributed by atoms with van der Waals surface area (Å²) in [6, 6.07) is 6.85. The van der Waals surface area contributed by atoms with Gasteiger partial charge in [0.25, 0.3) is 0 Å². The van der Waals surface area contributed by atoms with Gasteiger partial charge in [-0.15, -0.1) is 21.9 Å². The van der Waals surface area contributed by atoms with Crippen molar-refractivity contribution in [1.29, 1.82) is 0 Å². The molecule has 354 valence electrons. The Kier molecular flexibility index (Phi) is 15.2. The van der Waals surface area contributed by atoms with E-state index in [2.05, 4.69) is 0 Å². The zero-order chi connectivity index (χ0) is 49.6. The van der Waals surface area contributed by atoms with Gasteiger partial charge in [0, 0.05) is 5.56 Å². The first kappa shape index (κ1) is 51.2. The molecule has 0 atom stereocenters. The fraction of sp³-hybridized carbons (Fsp3) is 0.220. The van der Waals surface area contributed by atoms with Crippen molar-refractivity contribution in [3.63, 3.8) is 0 Å². The second-order valence-corrected chi connectivity index (χ2v) is 16.9. The summed E-state index contributed by atoms with van der Waals surface area (Å²) in [5.74, 6) is -71.0. The van der Waals surface area contributed by atoms with Crippen molar-refractivity contribution in [2.45, 2.75) is 38.2 Å². The SMILES string of the molecule is C[S+](C)CC(=O)c1ccc(C(=O)OC2CCCCC2)cc1.Fc1c(F)c(F)c([B-](c2c(F)c(F)c(F)c(F)c2F)(c2c(F)c(F)c(F)c(F)c2F)c2c(F)c(F)c(F)c(F)c2F)c(F)c1F. The number of esters is 1. The Morgan fingerprint density at radius 3 is 0.924 bits per heavy atom. The summed E-state index contributed by atoms with van der Waals surface area (Å²) in [7, 11) is 0.0935. The van der Waals surface area contributed by atoms with Crippen molar-refractivity contribution >= 4 is 50.6 Å². The minimum atomic E-state index is -7.22. The predicted octanol–water partition coefficient (Wildman–Crippen LogP) is 9.08. The maximum atomic E-state index is 15.4. The van der Waals surface area contributed by atoms with Crippen LogP contribution in [0, 0.1) is 116 Å². The number of halogens is 20. The van der Waals surface area contributed by atoms with Crippen LogP contribution in [0.3, 0.4) is 0 Å². The maximum absolute atomic E-state index is 15.4. The minimum absolute atomic E-state index is 0.0645. The summed E-state index contributed by atoms with van der Waals surface area (Å²) < 4.78 is 299. The molecule has 66 heavy (non-hydrogen) atoms. The van der Waals surface area contributed by atoms with Gasteiger partial charge in [-0.3, -0.25) is 4.79 Å². The van der Waals surface area contributed by atoms with Crippen LogP contribution in [0.1, 0.15) is 52.8 Å². The zero-order valence-electron chi connectivity index (χ0n) is 32.9. The van der Waals surface area contributed by atoms with Crippen LogP contribution in [-0.4, -0.2) is 42.3 Å². The number of ether oxygens (including phenoxy) is 1. The third-order valence-corrected chi connectivity index (χ3v) is 11.2. The molecule has 0 aromatic heterocycles. The summed E-state index contributed by atoms with van der Waals surface area (Å²) in [5, 5.41) is 0. The van der Waals surface area contributed by atoms with E-state index in [1.54, 1.807) is 24.3 Å². The second kappa shape index (κ2) is 19.6. The molecule has 1 aliphatic rings. The summed E-state index contributed by atoms with van der Waals surface area (Å²) in [4.78, 5) is 24.0. The van der Waals surface area contributed by atoms with Crippen molar-refractivity contribution in [2.75, 3.05) is 18.3 Å². The number of hydrogen-bond donors (Lipinski definition) is 0. The molecule has 0 N–H and O–H groups in total. The lowest BCUT2D eigenvalue weighted by molar-refractivity contribution is 0.0211. The molecule has 6 rings (SSSR count). The molecule has 0 radical (unpaired) electrons. The first-order chi connectivity index (χ1) is 30.8. The predicted molar refractivity (Wildman–Crippen MR) is 196 cm³/mol. The molecule has 0 bridgehead atoms. The topological polar surface area (TPSA) is 43.4 Å². The van der Waals surface area contributed by atoms with Gasteiger partial charge in [-0.05, 0) is 48.7 Å². The highest BCUT2D eigenvalue weighted by atomic mass is 32.2. The zero-order valence-corrected chi connectivity index (χ0v) is 33.7. The lowest BCUT2D eigenvalue weighted by Gasteiger charge is -2.44. The quantitative estimate of drug-likeness (QED) is 0.0282. The van der Waals surface area contributed by atoms with Crippen molar-refractivity contribution < 1.29 is 102 Å². The van der Waals surface area contributed by atoms with Gasteiger partial charge in [0.05, 0.1) is 18.1 Å². The fourth-order valence-corrected chi connectivity index (χ4v) is 8.11. The van der Waals surface area contributed by atoms with E-state index >= 15 is 35.1 Å². The van der Waals surface area contributed by atoms with Crippen LogP contribution < -0.4 is 21.9 Å². The number of carbonyl (C=O) groups excluding carboxylic acids is 2. The number of rotatable bonds is 9. The second-order valence-electron chi connectivity index (χ2n) is 14.6. The van der Waals surface area contributed by atoms with E-state index in [9.17, 15) is 62.3 Å². The normalized spacial score (nSPS) is 13.3. The van der Waals surface area contributed by atoms with E-state index in [0.717, 1.165) is 25.7 Å². The van der Waals surface area contributed by atoms with Crippen LogP contribution in [0.15, 0.2) is 24.3 Å². The van der Waals surface area contributed by atoms with E-state index in [4.69, 9.17) is 4.74 Å². The minimum Gasteiger partial charge on any atom is -0.459 e. The molecule has 1 aliphatic carbocycles. The summed E-state index contributed by atoms with van der Waals surface area (Å²) in [5.41, 5.74) is -13.1. The smallest absolute Gasteiger partial charge is 0.338 e. The number of Topliss-reactive ketones (excluding diaryl/α,β-unsaturated/α-hetero) is 1. The highest BCUT2D eigenvalue weighted by Crippen LogP contribution is 2.31. The van der Waals surface area contributed by atoms with E-state index < -0.39 is 144 Å². The Labute approximate surface area is 360 Å². The van der Waals surface area contributed by atoms with Crippen LogP contribution in [0.4, 0.5) is 87.8 Å². The Morgan fingerprint density at radius 1 is 0.424 bits per heavy atom. The lowest BCUT2D eigenvalue weighted by atomic mass is 9.12. The molecule has 0 amide bonds. The summed E-state index contributed by atoms with van der Waals surface area (Å²) >= 11 is 0. The molecule has 1 saturated carbocycles. The third kappa shape index (κ3) is 8.69. The Balaban J connectivity index is 0.000000324. The monoisotopic (exact) mass is 986 g/mol. The molecule has 1 fully saturated rings. The average molecular weight is 986 g/mol. The maximum Gasteiger partial charge on any atom is 0.338 e. The Morgan fingerprint density at radius 2 is 0.667 bits per heavy atom. The molecule has 0 unspecified atom stereocenters. The van der Waals surface area contributed by atoms with Crippen LogP contribution >= 0.6 is 0 Å². The first-order valence-corrected chi connectivity index (χ1v) is 20.6. The third-order valence-electron chi connectivity index (χ3n) is 10.4. The van der Waals surface area contributed by atoms with Gasteiger partial charge in [-0.25, -0.2) is 92.6 Å². The van der Waals surface area contributed by atoms with Crippen LogP contribution in [0.5, 0.6) is 0 Å². The molecule has 5 aromatic carbocycles. The molecule has 25 heteroatoms. The van der Waals surface area contributed by atoms with E-state index in [-0.39, 0.29) is 28.8 Å². The Bertz CT molecular complexity index is 2380.